The normalized spacial score (nSPS) is 14.9. The van der Waals surface area contributed by atoms with Crippen molar-refractivity contribution in [3.8, 4) is 0 Å². The molecule has 1 aliphatic heterocycles. The highest BCUT2D eigenvalue weighted by molar-refractivity contribution is 5.85. The molecule has 0 atom stereocenters. The number of halogens is 1. The molecule has 50 valence electrons. The van der Waals surface area contributed by atoms with E-state index in [9.17, 15) is 0 Å². The number of nitrogens with one attached hydrogen (secondary N) is 1. The zero-order chi connectivity index (χ0) is 5.82. The molecule has 1 rings (SSSR count). The first-order valence-electron chi connectivity index (χ1n) is 2.45. The van der Waals surface area contributed by atoms with Gasteiger partial charge in [0.25, 0.3) is 0 Å². The van der Waals surface area contributed by atoms with Gasteiger partial charge in [-0.1, -0.05) is 12.2 Å². The predicted molar refractivity (Wildman–Crippen MR) is 40.9 cm³/mol. The van der Waals surface area contributed by atoms with Gasteiger partial charge in [0.2, 0.25) is 0 Å². The molecule has 3 N–H and O–H groups in total. The van der Waals surface area contributed by atoms with Crippen LogP contribution in [0.3, 0.4) is 0 Å². The average molecular weight is 145 g/mol. The molecular formula is C6H9ClN2. The van der Waals surface area contributed by atoms with Crippen molar-refractivity contribution < 1.29 is 0 Å². The number of rotatable bonds is 0. The Hall–Kier alpha value is -0.890. The van der Waals surface area contributed by atoms with Gasteiger partial charge in [-0.3, -0.25) is 0 Å². The summed E-state index contributed by atoms with van der Waals surface area (Å²) in [5, 5.41) is 2.84. The summed E-state index contributed by atoms with van der Waals surface area (Å²) in [7, 11) is 0. The van der Waals surface area contributed by atoms with Crippen LogP contribution in [0.25, 0.3) is 0 Å². The van der Waals surface area contributed by atoms with Crippen molar-refractivity contribution in [3.63, 3.8) is 0 Å². The summed E-state index contributed by atoms with van der Waals surface area (Å²) in [6.07, 6.45) is 9.27. The van der Waals surface area contributed by atoms with E-state index in [0.717, 1.165) is 0 Å². The minimum atomic E-state index is 0. The average Bonchev–Trinajstić information content (AvgIpc) is 1.94. The van der Waals surface area contributed by atoms with E-state index in [2.05, 4.69) is 5.32 Å². The second kappa shape index (κ2) is 4.04. The third-order valence-corrected chi connectivity index (χ3v) is 0.844. The first-order chi connectivity index (χ1) is 3.89. The minimum absolute atomic E-state index is 0. The van der Waals surface area contributed by atoms with Gasteiger partial charge in [0.1, 0.15) is 0 Å². The van der Waals surface area contributed by atoms with Gasteiger partial charge in [0, 0.05) is 6.20 Å². The zero-order valence-electron chi connectivity index (χ0n) is 4.87. The maximum absolute atomic E-state index is 5.38. The van der Waals surface area contributed by atoms with E-state index >= 15 is 0 Å². The van der Waals surface area contributed by atoms with E-state index < -0.39 is 0 Å². The Labute approximate surface area is 60.5 Å². The smallest absolute Gasteiger partial charge is 0.1000 e. The highest BCUT2D eigenvalue weighted by atomic mass is 35.5. The number of nitrogens with two attached hydrogens (primary N) is 1. The van der Waals surface area contributed by atoms with Crippen LogP contribution in [0.4, 0.5) is 0 Å². The molecule has 0 bridgehead atoms. The standard InChI is InChI=1S/C6H8N2.ClH/c7-6-4-2-1-3-5-8-6;/h1-5,8H,7H2;1H. The number of hydrogen-bond acceptors (Lipinski definition) is 2. The molecule has 0 amide bonds. The molecule has 0 spiro atoms. The molecule has 0 aromatic rings. The van der Waals surface area contributed by atoms with Crippen molar-refractivity contribution >= 4 is 12.4 Å². The Morgan fingerprint density at radius 2 is 2.00 bits per heavy atom. The van der Waals surface area contributed by atoms with E-state index in [0.29, 0.717) is 5.82 Å². The van der Waals surface area contributed by atoms with Gasteiger partial charge < -0.3 is 11.1 Å². The number of allylic oxidation sites excluding steroid dienone is 4. The fourth-order valence-corrected chi connectivity index (χ4v) is 0.471. The van der Waals surface area contributed by atoms with Crippen LogP contribution in [0, 0.1) is 0 Å². The summed E-state index contributed by atoms with van der Waals surface area (Å²) in [4.78, 5) is 0. The molecule has 0 aromatic carbocycles. The monoisotopic (exact) mass is 144 g/mol. The van der Waals surface area contributed by atoms with E-state index in [1.54, 1.807) is 12.3 Å². The molecule has 0 aliphatic carbocycles. The molecule has 0 unspecified atom stereocenters. The highest BCUT2D eigenvalue weighted by Gasteiger charge is 1.80. The van der Waals surface area contributed by atoms with Gasteiger partial charge in [0.05, 0.1) is 5.82 Å². The van der Waals surface area contributed by atoms with Gasteiger partial charge in [-0.15, -0.1) is 12.4 Å². The largest absolute Gasteiger partial charge is 0.385 e. The Kier molecular flexibility index (Phi) is 3.64. The van der Waals surface area contributed by atoms with Gasteiger partial charge >= 0.3 is 0 Å². The third-order valence-electron chi connectivity index (χ3n) is 0.844. The fourth-order valence-electron chi connectivity index (χ4n) is 0.471. The molecule has 0 saturated carbocycles. The predicted octanol–water partition coefficient (Wildman–Crippen LogP) is 0.881. The van der Waals surface area contributed by atoms with Crippen molar-refractivity contribution in [2.75, 3.05) is 0 Å². The minimum Gasteiger partial charge on any atom is -0.385 e. The van der Waals surface area contributed by atoms with Crippen LogP contribution < -0.4 is 11.1 Å². The lowest BCUT2D eigenvalue weighted by Crippen LogP contribution is -2.12. The van der Waals surface area contributed by atoms with Gasteiger partial charge in [-0.05, 0) is 12.2 Å². The van der Waals surface area contributed by atoms with E-state index in [4.69, 9.17) is 5.73 Å². The number of hydrogen-bond donors (Lipinski definition) is 2. The SMILES string of the molecule is Cl.NC1=CC=CC=CN1. The maximum Gasteiger partial charge on any atom is 0.1000 e. The lowest BCUT2D eigenvalue weighted by molar-refractivity contribution is 1.03. The lowest BCUT2D eigenvalue weighted by atomic mass is 10.5. The Morgan fingerprint density at radius 3 is 2.78 bits per heavy atom. The van der Waals surface area contributed by atoms with Crippen LogP contribution in [0.15, 0.2) is 36.3 Å². The molecule has 2 nitrogen and oxygen atoms in total. The summed E-state index contributed by atoms with van der Waals surface area (Å²) < 4.78 is 0. The van der Waals surface area contributed by atoms with Crippen LogP contribution in [0.1, 0.15) is 0 Å². The van der Waals surface area contributed by atoms with Crippen LogP contribution in [0.5, 0.6) is 0 Å². The van der Waals surface area contributed by atoms with Crippen LogP contribution in [-0.4, -0.2) is 0 Å². The second-order valence-electron chi connectivity index (χ2n) is 1.51. The van der Waals surface area contributed by atoms with Gasteiger partial charge in [-0.2, -0.15) is 0 Å². The maximum atomic E-state index is 5.38. The highest BCUT2D eigenvalue weighted by Crippen LogP contribution is 1.86. The van der Waals surface area contributed by atoms with Crippen molar-refractivity contribution in [1.29, 1.82) is 0 Å². The quantitative estimate of drug-likeness (QED) is 0.530. The first-order valence-corrected chi connectivity index (χ1v) is 2.45. The Bertz CT molecular complexity index is 158. The summed E-state index contributed by atoms with van der Waals surface area (Å²) in [5.41, 5.74) is 5.38. The lowest BCUT2D eigenvalue weighted by Gasteiger charge is -1.93. The Morgan fingerprint density at radius 1 is 1.22 bits per heavy atom. The zero-order valence-corrected chi connectivity index (χ0v) is 5.69. The summed E-state index contributed by atoms with van der Waals surface area (Å²) in [6, 6.07) is 0. The van der Waals surface area contributed by atoms with Crippen LogP contribution >= 0.6 is 12.4 Å². The molecule has 1 heterocycles. The fraction of sp³-hybridized carbons (Fsp3) is 0. The Balaban J connectivity index is 0.000000640. The van der Waals surface area contributed by atoms with Crippen molar-refractivity contribution in [3.05, 3.63) is 36.3 Å². The molecule has 1 aliphatic rings. The van der Waals surface area contributed by atoms with Crippen molar-refractivity contribution in [2.45, 2.75) is 0 Å². The van der Waals surface area contributed by atoms with Gasteiger partial charge in [0.15, 0.2) is 0 Å². The second-order valence-corrected chi connectivity index (χ2v) is 1.51. The molecular weight excluding hydrogens is 136 g/mol. The van der Waals surface area contributed by atoms with E-state index in [1.807, 2.05) is 18.2 Å². The van der Waals surface area contributed by atoms with Gasteiger partial charge in [-0.25, -0.2) is 0 Å². The molecule has 0 radical (unpaired) electrons. The first kappa shape index (κ1) is 8.11. The molecule has 9 heavy (non-hydrogen) atoms. The summed E-state index contributed by atoms with van der Waals surface area (Å²) >= 11 is 0. The summed E-state index contributed by atoms with van der Waals surface area (Å²) in [6.45, 7) is 0. The third kappa shape index (κ3) is 2.82. The molecule has 0 fully saturated rings. The topological polar surface area (TPSA) is 38.0 Å². The molecule has 0 aromatic heterocycles. The van der Waals surface area contributed by atoms with Crippen molar-refractivity contribution in [1.82, 2.24) is 5.32 Å². The molecule has 0 saturated heterocycles. The molecule has 3 heteroatoms. The summed E-state index contributed by atoms with van der Waals surface area (Å²) in [5.74, 6) is 0.676. The van der Waals surface area contributed by atoms with Crippen LogP contribution in [0.2, 0.25) is 0 Å². The van der Waals surface area contributed by atoms with Crippen LogP contribution in [-0.2, 0) is 0 Å². The van der Waals surface area contributed by atoms with Crippen molar-refractivity contribution in [2.24, 2.45) is 5.73 Å². The van der Waals surface area contributed by atoms with E-state index in [-0.39, 0.29) is 12.4 Å². The van der Waals surface area contributed by atoms with E-state index in [1.165, 1.54) is 0 Å².